The number of halogens is 1. The molecule has 0 saturated carbocycles. The quantitative estimate of drug-likeness (QED) is 0.559. The van der Waals surface area contributed by atoms with Crippen LogP contribution in [0.1, 0.15) is 10.4 Å². The van der Waals surface area contributed by atoms with E-state index >= 15 is 0 Å². The van der Waals surface area contributed by atoms with Crippen molar-refractivity contribution in [3.05, 3.63) is 52.5 Å². The molecule has 0 unspecified atom stereocenters. The highest BCUT2D eigenvalue weighted by molar-refractivity contribution is 9.10. The largest absolute Gasteiger partial charge is 0.497 e. The number of ether oxygens (including phenoxy) is 2. The molecule has 0 radical (unpaired) electrons. The van der Waals surface area contributed by atoms with Crippen LogP contribution in [0.4, 0.5) is 0 Å². The van der Waals surface area contributed by atoms with Gasteiger partial charge in [0, 0.05) is 21.0 Å². The van der Waals surface area contributed by atoms with Gasteiger partial charge in [0.05, 0.1) is 20.0 Å². The van der Waals surface area contributed by atoms with Gasteiger partial charge in [-0.15, -0.1) is 11.8 Å². The van der Waals surface area contributed by atoms with Crippen LogP contribution in [-0.4, -0.2) is 25.8 Å². The van der Waals surface area contributed by atoms with E-state index in [0.29, 0.717) is 22.8 Å². The number of hydrogen-bond donors (Lipinski definition) is 0. The van der Waals surface area contributed by atoms with Gasteiger partial charge in [-0.1, -0.05) is 15.9 Å². The van der Waals surface area contributed by atoms with Crippen LogP contribution in [0.5, 0.6) is 11.5 Å². The van der Waals surface area contributed by atoms with Gasteiger partial charge >= 0.3 is 0 Å². The topological polar surface area (TPSA) is 35.5 Å². The van der Waals surface area contributed by atoms with E-state index in [2.05, 4.69) is 15.9 Å². The lowest BCUT2D eigenvalue weighted by Gasteiger charge is -2.08. The van der Waals surface area contributed by atoms with Crippen LogP contribution >= 0.6 is 27.7 Å². The third kappa shape index (κ3) is 4.51. The number of thioether (sulfide) groups is 1. The van der Waals surface area contributed by atoms with Crippen LogP contribution < -0.4 is 9.47 Å². The molecule has 0 N–H and O–H groups in total. The molecule has 5 heteroatoms. The van der Waals surface area contributed by atoms with Gasteiger partial charge in [0.25, 0.3) is 0 Å². The lowest BCUT2D eigenvalue weighted by Crippen LogP contribution is -2.03. The van der Waals surface area contributed by atoms with Crippen molar-refractivity contribution in [2.75, 3.05) is 20.0 Å². The molecule has 0 bridgehead atoms. The first kappa shape index (κ1) is 15.9. The van der Waals surface area contributed by atoms with E-state index in [9.17, 15) is 4.79 Å². The Balaban J connectivity index is 2.07. The lowest BCUT2D eigenvalue weighted by atomic mass is 10.1. The first-order valence-electron chi connectivity index (χ1n) is 6.27. The molecule has 0 aliphatic carbocycles. The summed E-state index contributed by atoms with van der Waals surface area (Å²) >= 11 is 4.90. The van der Waals surface area contributed by atoms with Crippen LogP contribution in [0, 0.1) is 0 Å². The van der Waals surface area contributed by atoms with Crippen molar-refractivity contribution in [2.24, 2.45) is 0 Å². The average Bonchev–Trinajstić information content (AvgIpc) is 2.53. The summed E-state index contributed by atoms with van der Waals surface area (Å²) in [6.07, 6.45) is 0. The van der Waals surface area contributed by atoms with E-state index in [4.69, 9.17) is 9.47 Å². The Kier molecular flexibility index (Phi) is 5.70. The second-order valence-electron chi connectivity index (χ2n) is 4.27. The predicted octanol–water partition coefficient (Wildman–Crippen LogP) is 4.44. The molecule has 0 spiro atoms. The van der Waals surface area contributed by atoms with Crippen LogP contribution in [0.2, 0.25) is 0 Å². The van der Waals surface area contributed by atoms with Gasteiger partial charge in [-0.25, -0.2) is 0 Å². The van der Waals surface area contributed by atoms with Gasteiger partial charge in [0.1, 0.15) is 11.5 Å². The number of Topliss-reactive ketones (excluding diaryl/α,β-unsaturated/α-hetero) is 1. The van der Waals surface area contributed by atoms with Gasteiger partial charge in [-0.2, -0.15) is 0 Å². The van der Waals surface area contributed by atoms with E-state index in [1.54, 1.807) is 32.4 Å². The first-order valence-corrected chi connectivity index (χ1v) is 8.05. The number of carbonyl (C=O) groups is 1. The Labute approximate surface area is 136 Å². The van der Waals surface area contributed by atoms with E-state index in [1.165, 1.54) is 11.8 Å². The van der Waals surface area contributed by atoms with Crippen molar-refractivity contribution in [3.8, 4) is 11.5 Å². The van der Waals surface area contributed by atoms with E-state index in [-0.39, 0.29) is 5.78 Å². The Morgan fingerprint density at radius 3 is 2.14 bits per heavy atom. The maximum absolute atomic E-state index is 12.3. The molecule has 110 valence electrons. The molecule has 0 saturated heterocycles. The molecule has 0 atom stereocenters. The minimum atomic E-state index is 0.0418. The molecule has 0 aromatic heterocycles. The SMILES string of the molecule is COc1cc(OC)cc(C(=O)CSc2ccc(Br)cc2)c1. The van der Waals surface area contributed by atoms with E-state index in [1.807, 2.05) is 24.3 Å². The van der Waals surface area contributed by atoms with Crippen molar-refractivity contribution in [1.29, 1.82) is 0 Å². The number of methoxy groups -OCH3 is 2. The van der Waals surface area contributed by atoms with Gasteiger partial charge < -0.3 is 9.47 Å². The molecule has 2 aromatic carbocycles. The Bertz CT molecular complexity index is 604. The minimum Gasteiger partial charge on any atom is -0.497 e. The maximum atomic E-state index is 12.3. The average molecular weight is 367 g/mol. The monoisotopic (exact) mass is 366 g/mol. The van der Waals surface area contributed by atoms with Gasteiger partial charge in [-0.05, 0) is 36.4 Å². The van der Waals surface area contributed by atoms with Crippen LogP contribution in [-0.2, 0) is 0 Å². The Hall–Kier alpha value is -1.46. The maximum Gasteiger partial charge on any atom is 0.173 e. The number of benzene rings is 2. The van der Waals surface area contributed by atoms with Crippen molar-refractivity contribution in [3.63, 3.8) is 0 Å². The Morgan fingerprint density at radius 1 is 1.05 bits per heavy atom. The second-order valence-corrected chi connectivity index (χ2v) is 6.23. The number of carbonyl (C=O) groups excluding carboxylic acids is 1. The molecule has 0 heterocycles. The van der Waals surface area contributed by atoms with E-state index in [0.717, 1.165) is 9.37 Å². The smallest absolute Gasteiger partial charge is 0.173 e. The molecule has 0 aliphatic heterocycles. The number of ketones is 1. The highest BCUT2D eigenvalue weighted by Gasteiger charge is 2.10. The van der Waals surface area contributed by atoms with Gasteiger partial charge in [0.2, 0.25) is 0 Å². The van der Waals surface area contributed by atoms with Crippen molar-refractivity contribution in [1.82, 2.24) is 0 Å². The first-order chi connectivity index (χ1) is 10.1. The highest BCUT2D eigenvalue weighted by Crippen LogP contribution is 2.25. The third-order valence-corrected chi connectivity index (χ3v) is 4.40. The van der Waals surface area contributed by atoms with Gasteiger partial charge in [-0.3, -0.25) is 4.79 Å². The zero-order valence-electron chi connectivity index (χ0n) is 11.8. The normalized spacial score (nSPS) is 10.2. The molecule has 3 nitrogen and oxygen atoms in total. The predicted molar refractivity (Wildman–Crippen MR) is 88.7 cm³/mol. The summed E-state index contributed by atoms with van der Waals surface area (Å²) in [5, 5.41) is 0. The highest BCUT2D eigenvalue weighted by atomic mass is 79.9. The number of rotatable bonds is 6. The fourth-order valence-electron chi connectivity index (χ4n) is 1.73. The molecular weight excluding hydrogens is 352 g/mol. The van der Waals surface area contributed by atoms with E-state index < -0.39 is 0 Å². The third-order valence-electron chi connectivity index (χ3n) is 2.86. The summed E-state index contributed by atoms with van der Waals surface area (Å²) in [7, 11) is 3.14. The minimum absolute atomic E-state index is 0.0418. The zero-order valence-corrected chi connectivity index (χ0v) is 14.2. The summed E-state index contributed by atoms with van der Waals surface area (Å²) < 4.78 is 11.4. The van der Waals surface area contributed by atoms with Crippen molar-refractivity contribution in [2.45, 2.75) is 4.90 Å². The molecule has 0 fully saturated rings. The lowest BCUT2D eigenvalue weighted by molar-refractivity contribution is 0.102. The molecular formula is C16H15BrO3S. The van der Waals surface area contributed by atoms with Crippen LogP contribution in [0.15, 0.2) is 51.8 Å². The number of hydrogen-bond acceptors (Lipinski definition) is 4. The summed E-state index contributed by atoms with van der Waals surface area (Å²) in [4.78, 5) is 13.3. The second kappa shape index (κ2) is 7.52. The standard InChI is InChI=1S/C16H15BrO3S/c1-19-13-7-11(8-14(9-13)20-2)16(18)10-21-15-5-3-12(17)4-6-15/h3-9H,10H2,1-2H3. The Morgan fingerprint density at radius 2 is 1.62 bits per heavy atom. The fraction of sp³-hybridized carbons (Fsp3) is 0.188. The van der Waals surface area contributed by atoms with Crippen LogP contribution in [0.3, 0.4) is 0 Å². The summed E-state index contributed by atoms with van der Waals surface area (Å²) in [6, 6.07) is 13.1. The molecule has 2 aromatic rings. The van der Waals surface area contributed by atoms with Gasteiger partial charge in [0.15, 0.2) is 5.78 Å². The molecule has 21 heavy (non-hydrogen) atoms. The molecule has 0 aliphatic rings. The summed E-state index contributed by atoms with van der Waals surface area (Å²) in [6.45, 7) is 0. The van der Waals surface area contributed by atoms with Crippen LogP contribution in [0.25, 0.3) is 0 Å². The zero-order chi connectivity index (χ0) is 15.2. The van der Waals surface area contributed by atoms with Crippen molar-refractivity contribution >= 4 is 33.5 Å². The van der Waals surface area contributed by atoms with Crippen molar-refractivity contribution < 1.29 is 14.3 Å². The molecule has 2 rings (SSSR count). The summed E-state index contributed by atoms with van der Waals surface area (Å²) in [5.41, 5.74) is 0.593. The fourth-order valence-corrected chi connectivity index (χ4v) is 2.79. The molecule has 0 amide bonds. The summed E-state index contributed by atoms with van der Waals surface area (Å²) in [5.74, 6) is 1.65.